The number of nitrogens with zero attached hydrogens (tertiary/aromatic N) is 2. The Bertz CT molecular complexity index is 1330. The van der Waals surface area contributed by atoms with Gasteiger partial charge >= 0.3 is 5.97 Å². The van der Waals surface area contributed by atoms with E-state index in [0.717, 1.165) is 0 Å². The minimum absolute atomic E-state index is 0.246. The van der Waals surface area contributed by atoms with Crippen molar-refractivity contribution in [3.63, 3.8) is 0 Å². The molecule has 2 aromatic carbocycles. The number of pyridine rings is 1. The number of rotatable bonds is 8. The number of methoxy groups -OCH3 is 1. The minimum Gasteiger partial charge on any atom is -0.497 e. The fourth-order valence-corrected chi connectivity index (χ4v) is 4.54. The number of carbonyl (C=O) groups excluding carboxylic acids is 1. The van der Waals surface area contributed by atoms with Gasteiger partial charge in [-0.2, -0.15) is 0 Å². The van der Waals surface area contributed by atoms with Crippen LogP contribution in [0.25, 0.3) is 22.3 Å². The van der Waals surface area contributed by atoms with Crippen LogP contribution in [0.2, 0.25) is 0 Å². The number of H-pyrrole nitrogens is 1. The van der Waals surface area contributed by atoms with E-state index in [2.05, 4.69) is 15.0 Å². The standard InChI is InChI=1S/C24H23N3O5S/c1-4-31-21-14-20-19(13-17(21)23(28)32-5-2)26-24(27-20)33(29)22-9-7-6-8-16(22)18-12-15(30-3)10-11-25-18/h6-14H,4-5H2,1-3H3,(H,26,27). The summed E-state index contributed by atoms with van der Waals surface area (Å²) in [6.07, 6.45) is 1.64. The highest BCUT2D eigenvalue weighted by molar-refractivity contribution is 7.85. The van der Waals surface area contributed by atoms with Crippen LogP contribution in [0.5, 0.6) is 11.5 Å². The lowest BCUT2D eigenvalue weighted by Crippen LogP contribution is -2.07. The van der Waals surface area contributed by atoms with Crippen molar-refractivity contribution >= 4 is 27.8 Å². The van der Waals surface area contributed by atoms with Crippen molar-refractivity contribution in [3.8, 4) is 22.8 Å². The number of hydrogen-bond donors (Lipinski definition) is 1. The molecule has 0 saturated carbocycles. The summed E-state index contributed by atoms with van der Waals surface area (Å²) in [4.78, 5) is 24.9. The van der Waals surface area contributed by atoms with E-state index in [1.54, 1.807) is 50.6 Å². The van der Waals surface area contributed by atoms with Gasteiger partial charge in [0.1, 0.15) is 27.9 Å². The van der Waals surface area contributed by atoms with Gasteiger partial charge in [-0.15, -0.1) is 0 Å². The van der Waals surface area contributed by atoms with Crippen LogP contribution in [0.3, 0.4) is 0 Å². The molecule has 0 aliphatic rings. The molecule has 9 heteroatoms. The van der Waals surface area contributed by atoms with Crippen molar-refractivity contribution < 1.29 is 23.2 Å². The summed E-state index contributed by atoms with van der Waals surface area (Å²) in [5, 5.41) is 0.254. The molecule has 1 atom stereocenters. The third-order valence-corrected chi connectivity index (χ3v) is 6.16. The van der Waals surface area contributed by atoms with Gasteiger partial charge in [-0.05, 0) is 32.0 Å². The van der Waals surface area contributed by atoms with E-state index in [-0.39, 0.29) is 17.3 Å². The first-order valence-corrected chi connectivity index (χ1v) is 11.6. The van der Waals surface area contributed by atoms with Crippen LogP contribution in [0, 0.1) is 0 Å². The lowest BCUT2D eigenvalue weighted by molar-refractivity contribution is 0.0522. The molecular formula is C24H23N3O5S. The zero-order chi connectivity index (χ0) is 23.4. The number of aromatic amines is 1. The van der Waals surface area contributed by atoms with E-state index in [1.807, 2.05) is 25.1 Å². The normalized spacial score (nSPS) is 11.8. The fourth-order valence-electron chi connectivity index (χ4n) is 3.37. The van der Waals surface area contributed by atoms with Crippen LogP contribution in [-0.4, -0.2) is 45.5 Å². The predicted octanol–water partition coefficient (Wildman–Crippen LogP) is 4.38. The maximum Gasteiger partial charge on any atom is 0.341 e. The Morgan fingerprint density at radius 3 is 2.67 bits per heavy atom. The van der Waals surface area contributed by atoms with Gasteiger partial charge in [0, 0.05) is 23.9 Å². The van der Waals surface area contributed by atoms with Crippen molar-refractivity contribution in [1.29, 1.82) is 0 Å². The van der Waals surface area contributed by atoms with Gasteiger partial charge in [0.15, 0.2) is 0 Å². The molecule has 170 valence electrons. The number of benzene rings is 2. The van der Waals surface area contributed by atoms with E-state index in [1.165, 1.54) is 0 Å². The Kier molecular flexibility index (Phi) is 6.69. The average Bonchev–Trinajstić information content (AvgIpc) is 3.26. The van der Waals surface area contributed by atoms with Crippen molar-refractivity contribution in [2.45, 2.75) is 23.9 Å². The first kappa shape index (κ1) is 22.5. The molecule has 8 nitrogen and oxygen atoms in total. The second kappa shape index (κ2) is 9.83. The lowest BCUT2D eigenvalue weighted by Gasteiger charge is -2.09. The first-order valence-electron chi connectivity index (χ1n) is 10.4. The van der Waals surface area contributed by atoms with Crippen LogP contribution in [-0.2, 0) is 15.5 Å². The Hall–Kier alpha value is -3.72. The molecule has 0 saturated heterocycles. The first-order chi connectivity index (χ1) is 16.0. The van der Waals surface area contributed by atoms with Gasteiger partial charge in [-0.1, -0.05) is 18.2 Å². The topological polar surface area (TPSA) is 103 Å². The molecule has 33 heavy (non-hydrogen) atoms. The van der Waals surface area contributed by atoms with E-state index in [0.29, 0.717) is 45.3 Å². The largest absolute Gasteiger partial charge is 0.497 e. The second-order valence-electron chi connectivity index (χ2n) is 6.91. The number of nitrogens with one attached hydrogen (secondary N) is 1. The molecule has 0 radical (unpaired) electrons. The third-order valence-electron chi connectivity index (χ3n) is 4.86. The van der Waals surface area contributed by atoms with E-state index < -0.39 is 16.8 Å². The highest BCUT2D eigenvalue weighted by Crippen LogP contribution is 2.31. The van der Waals surface area contributed by atoms with Crippen LogP contribution >= 0.6 is 0 Å². The van der Waals surface area contributed by atoms with E-state index in [4.69, 9.17) is 14.2 Å². The maximum absolute atomic E-state index is 13.5. The number of aromatic nitrogens is 3. The van der Waals surface area contributed by atoms with Crippen LogP contribution < -0.4 is 9.47 Å². The zero-order valence-electron chi connectivity index (χ0n) is 18.5. The Morgan fingerprint density at radius 2 is 1.91 bits per heavy atom. The molecule has 2 heterocycles. The number of fused-ring (bicyclic) bond motifs is 1. The molecule has 4 rings (SSSR count). The van der Waals surface area contributed by atoms with Gasteiger partial charge in [0.05, 0.1) is 41.9 Å². The summed E-state index contributed by atoms with van der Waals surface area (Å²) in [6.45, 7) is 4.19. The third kappa shape index (κ3) is 4.58. The van der Waals surface area contributed by atoms with Gasteiger partial charge in [0.2, 0.25) is 5.16 Å². The van der Waals surface area contributed by atoms with Gasteiger partial charge < -0.3 is 19.2 Å². The highest BCUT2D eigenvalue weighted by atomic mass is 32.2. The molecule has 0 aliphatic carbocycles. The Balaban J connectivity index is 1.77. The average molecular weight is 466 g/mol. The number of imidazole rings is 1. The molecule has 0 aliphatic heterocycles. The molecule has 2 aromatic heterocycles. The molecule has 0 amide bonds. The van der Waals surface area contributed by atoms with Gasteiger partial charge in [-0.25, -0.2) is 14.0 Å². The maximum atomic E-state index is 13.5. The summed E-state index contributed by atoms with van der Waals surface area (Å²) in [5.74, 6) is 0.530. The molecule has 4 aromatic rings. The number of esters is 1. The molecule has 0 fully saturated rings. The number of hydrogen-bond acceptors (Lipinski definition) is 7. The van der Waals surface area contributed by atoms with Crippen LogP contribution in [0.1, 0.15) is 24.2 Å². The lowest BCUT2D eigenvalue weighted by atomic mass is 10.1. The van der Waals surface area contributed by atoms with Crippen molar-refractivity contribution in [3.05, 3.63) is 60.3 Å². The Morgan fingerprint density at radius 1 is 1.09 bits per heavy atom. The Labute approximate surface area is 193 Å². The van der Waals surface area contributed by atoms with Crippen LogP contribution in [0.4, 0.5) is 0 Å². The minimum atomic E-state index is -1.64. The second-order valence-corrected chi connectivity index (χ2v) is 8.27. The van der Waals surface area contributed by atoms with E-state index >= 15 is 0 Å². The summed E-state index contributed by atoms with van der Waals surface area (Å²) in [7, 11) is -0.0536. The van der Waals surface area contributed by atoms with Crippen molar-refractivity contribution in [2.24, 2.45) is 0 Å². The molecule has 0 spiro atoms. The molecule has 1 N–H and O–H groups in total. The SMILES string of the molecule is CCOC(=O)c1cc2[nH]c(S(=O)c3ccccc3-c3cc(OC)ccn3)nc2cc1OCC. The summed E-state index contributed by atoms with van der Waals surface area (Å²) < 4.78 is 29.6. The van der Waals surface area contributed by atoms with Gasteiger partial charge in [0.25, 0.3) is 0 Å². The number of ether oxygens (including phenoxy) is 3. The smallest absolute Gasteiger partial charge is 0.341 e. The van der Waals surface area contributed by atoms with Crippen molar-refractivity contribution in [2.75, 3.05) is 20.3 Å². The zero-order valence-corrected chi connectivity index (χ0v) is 19.3. The summed E-state index contributed by atoms with van der Waals surface area (Å²) in [6, 6.07) is 14.1. The quantitative estimate of drug-likeness (QED) is 0.385. The fraction of sp³-hybridized carbons (Fsp3) is 0.208. The van der Waals surface area contributed by atoms with Crippen molar-refractivity contribution in [1.82, 2.24) is 15.0 Å². The molecule has 1 unspecified atom stereocenters. The molecule has 0 bridgehead atoms. The number of carbonyl (C=O) groups is 1. The van der Waals surface area contributed by atoms with Crippen LogP contribution in [0.15, 0.2) is 64.8 Å². The van der Waals surface area contributed by atoms with Gasteiger partial charge in [-0.3, -0.25) is 4.98 Å². The predicted molar refractivity (Wildman–Crippen MR) is 124 cm³/mol. The highest BCUT2D eigenvalue weighted by Gasteiger charge is 2.21. The monoisotopic (exact) mass is 465 g/mol. The summed E-state index contributed by atoms with van der Waals surface area (Å²) in [5.41, 5.74) is 2.72. The molecular weight excluding hydrogens is 442 g/mol. The summed E-state index contributed by atoms with van der Waals surface area (Å²) >= 11 is 0. The van der Waals surface area contributed by atoms with E-state index in [9.17, 15) is 9.00 Å².